The van der Waals surface area contributed by atoms with Crippen molar-refractivity contribution in [1.82, 2.24) is 0 Å². The molecule has 108 valence electrons. The summed E-state index contributed by atoms with van der Waals surface area (Å²) in [4.78, 5) is 12.3. The van der Waals surface area contributed by atoms with Crippen molar-refractivity contribution in [3.63, 3.8) is 0 Å². The Morgan fingerprint density at radius 3 is 2.86 bits per heavy atom. The van der Waals surface area contributed by atoms with Gasteiger partial charge in [-0.1, -0.05) is 18.2 Å². The number of hydrogen-bond donors (Lipinski definition) is 1. The third-order valence-electron chi connectivity index (χ3n) is 3.56. The number of thioether (sulfide) groups is 1. The van der Waals surface area contributed by atoms with Gasteiger partial charge in [-0.3, -0.25) is 0 Å². The molecule has 0 saturated carbocycles. The highest BCUT2D eigenvalue weighted by Gasteiger charge is 2.22. The first-order valence-electron chi connectivity index (χ1n) is 6.85. The normalized spacial score (nSPS) is 16.5. The lowest BCUT2D eigenvalue weighted by atomic mass is 10.1. The molecule has 0 radical (unpaired) electrons. The number of fused-ring (bicyclic) bond motifs is 1. The largest absolute Gasteiger partial charge is 0.492 e. The molecule has 1 N–H and O–H groups in total. The van der Waals surface area contributed by atoms with Crippen LogP contribution in [0.4, 0.5) is 0 Å². The van der Waals surface area contributed by atoms with E-state index in [4.69, 9.17) is 9.84 Å². The Balaban J connectivity index is 1.63. The maximum Gasteiger partial charge on any atom is 0.335 e. The third-order valence-corrected chi connectivity index (χ3v) is 4.85. The van der Waals surface area contributed by atoms with E-state index in [9.17, 15) is 4.79 Å². The molecular formula is C17H16O3S. The van der Waals surface area contributed by atoms with Crippen LogP contribution in [0.25, 0.3) is 0 Å². The predicted molar refractivity (Wildman–Crippen MR) is 83.4 cm³/mol. The van der Waals surface area contributed by atoms with E-state index in [0.29, 0.717) is 17.4 Å². The van der Waals surface area contributed by atoms with E-state index in [1.807, 2.05) is 18.7 Å². The number of aryl methyl sites for hydroxylation is 1. The van der Waals surface area contributed by atoms with E-state index in [0.717, 1.165) is 17.7 Å². The predicted octanol–water partition coefficient (Wildman–Crippen LogP) is 3.79. The van der Waals surface area contributed by atoms with Gasteiger partial charge in [-0.05, 0) is 48.7 Å². The van der Waals surface area contributed by atoms with Gasteiger partial charge >= 0.3 is 5.97 Å². The van der Waals surface area contributed by atoms with E-state index < -0.39 is 5.97 Å². The zero-order chi connectivity index (χ0) is 14.8. The van der Waals surface area contributed by atoms with E-state index in [1.54, 1.807) is 18.2 Å². The highest BCUT2D eigenvalue weighted by atomic mass is 32.2. The molecule has 3 nitrogen and oxygen atoms in total. The molecule has 2 aromatic rings. The van der Waals surface area contributed by atoms with Crippen molar-refractivity contribution >= 4 is 17.7 Å². The minimum atomic E-state index is -0.911. The zero-order valence-corrected chi connectivity index (χ0v) is 12.5. The summed E-state index contributed by atoms with van der Waals surface area (Å²) in [6, 6.07) is 13.4. The minimum absolute atomic E-state index is 0.294. The first-order chi connectivity index (χ1) is 10.1. The minimum Gasteiger partial charge on any atom is -0.492 e. The Labute approximate surface area is 127 Å². The summed E-state index contributed by atoms with van der Waals surface area (Å²) >= 11 is 1.85. The molecule has 1 aliphatic rings. The van der Waals surface area contributed by atoms with E-state index in [2.05, 4.69) is 24.3 Å². The number of hydrogen-bond acceptors (Lipinski definition) is 3. The van der Waals surface area contributed by atoms with Crippen LogP contribution in [-0.4, -0.2) is 22.9 Å². The van der Waals surface area contributed by atoms with Gasteiger partial charge in [0.2, 0.25) is 0 Å². The highest BCUT2D eigenvalue weighted by molar-refractivity contribution is 8.00. The monoisotopic (exact) mass is 300 g/mol. The van der Waals surface area contributed by atoms with Gasteiger partial charge in [0, 0.05) is 10.1 Å². The van der Waals surface area contributed by atoms with Gasteiger partial charge in [0.05, 0.1) is 5.56 Å². The van der Waals surface area contributed by atoms with Crippen LogP contribution >= 0.6 is 11.8 Å². The summed E-state index contributed by atoms with van der Waals surface area (Å²) in [7, 11) is 0. The molecule has 0 aromatic heterocycles. The van der Waals surface area contributed by atoms with Gasteiger partial charge in [-0.15, -0.1) is 11.8 Å². The Morgan fingerprint density at radius 1 is 1.33 bits per heavy atom. The molecule has 0 saturated heterocycles. The van der Waals surface area contributed by atoms with Crippen LogP contribution in [0, 0.1) is 6.92 Å². The van der Waals surface area contributed by atoms with Gasteiger partial charge in [-0.25, -0.2) is 4.79 Å². The lowest BCUT2D eigenvalue weighted by Gasteiger charge is -2.13. The van der Waals surface area contributed by atoms with Crippen LogP contribution < -0.4 is 4.74 Å². The van der Waals surface area contributed by atoms with Crippen LogP contribution in [0.1, 0.15) is 21.5 Å². The Morgan fingerprint density at radius 2 is 2.14 bits per heavy atom. The number of rotatable bonds is 4. The molecule has 0 spiro atoms. The fraction of sp³-hybridized carbons (Fsp3) is 0.235. The quantitative estimate of drug-likeness (QED) is 0.933. The molecule has 1 aliphatic heterocycles. The summed E-state index contributed by atoms with van der Waals surface area (Å²) in [5, 5.41) is 9.38. The molecule has 2 aromatic carbocycles. The molecule has 1 atom stereocenters. The summed E-state index contributed by atoms with van der Waals surface area (Å²) in [5.41, 5.74) is 2.53. The second kappa shape index (κ2) is 5.82. The SMILES string of the molecule is Cc1cc(C(=O)O)ccc1OCC1Cc2ccccc2S1. The lowest BCUT2D eigenvalue weighted by Crippen LogP contribution is -2.14. The van der Waals surface area contributed by atoms with Crippen molar-refractivity contribution in [3.8, 4) is 5.75 Å². The zero-order valence-electron chi connectivity index (χ0n) is 11.7. The lowest BCUT2D eigenvalue weighted by molar-refractivity contribution is 0.0696. The fourth-order valence-corrected chi connectivity index (χ4v) is 3.69. The fourth-order valence-electron chi connectivity index (χ4n) is 2.47. The van der Waals surface area contributed by atoms with Crippen LogP contribution in [0.15, 0.2) is 47.4 Å². The van der Waals surface area contributed by atoms with Crippen molar-refractivity contribution in [2.45, 2.75) is 23.5 Å². The Hall–Kier alpha value is -1.94. The van der Waals surface area contributed by atoms with Crippen LogP contribution in [-0.2, 0) is 6.42 Å². The second-order valence-electron chi connectivity index (χ2n) is 5.15. The average molecular weight is 300 g/mol. The average Bonchev–Trinajstić information content (AvgIpc) is 2.88. The maximum atomic E-state index is 10.9. The number of carboxylic acid groups (broad SMARTS) is 1. The summed E-state index contributed by atoms with van der Waals surface area (Å²) in [6.45, 7) is 2.50. The molecular weight excluding hydrogens is 284 g/mol. The smallest absolute Gasteiger partial charge is 0.335 e. The topological polar surface area (TPSA) is 46.5 Å². The second-order valence-corrected chi connectivity index (χ2v) is 6.49. The molecule has 0 fully saturated rings. The number of ether oxygens (including phenoxy) is 1. The Bertz CT molecular complexity index is 656. The van der Waals surface area contributed by atoms with Crippen molar-refractivity contribution < 1.29 is 14.6 Å². The molecule has 1 heterocycles. The van der Waals surface area contributed by atoms with Crippen LogP contribution in [0.5, 0.6) is 5.75 Å². The van der Waals surface area contributed by atoms with Gasteiger partial charge in [-0.2, -0.15) is 0 Å². The number of benzene rings is 2. The van der Waals surface area contributed by atoms with E-state index >= 15 is 0 Å². The first-order valence-corrected chi connectivity index (χ1v) is 7.73. The van der Waals surface area contributed by atoms with Gasteiger partial charge in [0.15, 0.2) is 0 Å². The number of carboxylic acids is 1. The molecule has 21 heavy (non-hydrogen) atoms. The van der Waals surface area contributed by atoms with E-state index in [-0.39, 0.29) is 0 Å². The Kier molecular flexibility index (Phi) is 3.88. The van der Waals surface area contributed by atoms with Crippen molar-refractivity contribution in [2.75, 3.05) is 6.61 Å². The molecule has 0 amide bonds. The van der Waals surface area contributed by atoms with Gasteiger partial charge in [0.1, 0.15) is 12.4 Å². The number of carbonyl (C=O) groups is 1. The maximum absolute atomic E-state index is 10.9. The van der Waals surface area contributed by atoms with Crippen LogP contribution in [0.2, 0.25) is 0 Å². The van der Waals surface area contributed by atoms with Crippen molar-refractivity contribution in [3.05, 3.63) is 59.2 Å². The molecule has 3 rings (SSSR count). The standard InChI is InChI=1S/C17H16O3S/c1-11-8-13(17(18)19)6-7-15(11)20-10-14-9-12-4-2-3-5-16(12)21-14/h2-8,14H,9-10H2,1H3,(H,18,19). The van der Waals surface area contributed by atoms with Crippen LogP contribution in [0.3, 0.4) is 0 Å². The number of aromatic carboxylic acids is 1. The van der Waals surface area contributed by atoms with Gasteiger partial charge in [0.25, 0.3) is 0 Å². The molecule has 4 heteroatoms. The summed E-state index contributed by atoms with van der Waals surface area (Å²) < 4.78 is 5.87. The van der Waals surface area contributed by atoms with Gasteiger partial charge < -0.3 is 9.84 Å². The first kappa shape index (κ1) is 14.0. The highest BCUT2D eigenvalue weighted by Crippen LogP contribution is 2.37. The third kappa shape index (κ3) is 3.05. The van der Waals surface area contributed by atoms with Crippen molar-refractivity contribution in [1.29, 1.82) is 0 Å². The van der Waals surface area contributed by atoms with Crippen molar-refractivity contribution in [2.24, 2.45) is 0 Å². The van der Waals surface area contributed by atoms with E-state index in [1.165, 1.54) is 10.5 Å². The summed E-state index contributed by atoms with van der Waals surface area (Å²) in [6.07, 6.45) is 1.02. The molecule has 1 unspecified atom stereocenters. The molecule has 0 bridgehead atoms. The summed E-state index contributed by atoms with van der Waals surface area (Å²) in [5.74, 6) is -0.150. The molecule has 0 aliphatic carbocycles.